The third-order valence-electron chi connectivity index (χ3n) is 3.83. The average molecular weight is 409 g/mol. The van der Waals surface area contributed by atoms with Crippen LogP contribution in [0.4, 0.5) is 0 Å². The first-order chi connectivity index (χ1) is 12.6. The summed E-state index contributed by atoms with van der Waals surface area (Å²) < 4.78 is 0.920. The largest absolute Gasteiger partial charge is 0.328 e. The Morgan fingerprint density at radius 1 is 0.654 bits per heavy atom. The molecule has 0 atom stereocenters. The lowest BCUT2D eigenvalue weighted by atomic mass is 10.1. The number of carbonyl (C=O) groups is 2. The summed E-state index contributed by atoms with van der Waals surface area (Å²) in [5.41, 5.74) is 1.84. The summed E-state index contributed by atoms with van der Waals surface area (Å²) in [4.78, 5) is 25.1. The molecule has 0 saturated heterocycles. The Balaban J connectivity index is 1.83. The molecule has 0 aliphatic carbocycles. The highest BCUT2D eigenvalue weighted by Gasteiger charge is 2.18. The van der Waals surface area contributed by atoms with Crippen molar-refractivity contribution in [3.8, 4) is 0 Å². The van der Waals surface area contributed by atoms with E-state index in [-0.39, 0.29) is 11.8 Å². The van der Waals surface area contributed by atoms with E-state index in [2.05, 4.69) is 26.6 Å². The van der Waals surface area contributed by atoms with Crippen LogP contribution in [-0.4, -0.2) is 11.8 Å². The number of halogens is 1. The monoisotopic (exact) mass is 408 g/mol. The van der Waals surface area contributed by atoms with Crippen LogP contribution in [0.5, 0.6) is 0 Å². The van der Waals surface area contributed by atoms with Crippen molar-refractivity contribution in [3.63, 3.8) is 0 Å². The molecule has 0 heterocycles. The molecule has 0 spiro atoms. The van der Waals surface area contributed by atoms with Crippen molar-refractivity contribution in [2.75, 3.05) is 0 Å². The molecule has 2 amide bonds. The molecule has 0 saturated carbocycles. The molecule has 0 aliphatic rings. The smallest absolute Gasteiger partial charge is 0.253 e. The molecule has 5 heteroatoms. The Morgan fingerprint density at radius 2 is 1.08 bits per heavy atom. The lowest BCUT2D eigenvalue weighted by Crippen LogP contribution is -2.41. The summed E-state index contributed by atoms with van der Waals surface area (Å²) in [6, 6.07) is 25.2. The van der Waals surface area contributed by atoms with Gasteiger partial charge in [-0.2, -0.15) is 0 Å². The van der Waals surface area contributed by atoms with Crippen LogP contribution < -0.4 is 10.6 Å². The fourth-order valence-electron chi connectivity index (χ4n) is 2.47. The predicted molar refractivity (Wildman–Crippen MR) is 105 cm³/mol. The molecule has 130 valence electrons. The van der Waals surface area contributed by atoms with Gasteiger partial charge in [-0.3, -0.25) is 9.59 Å². The Kier molecular flexibility index (Phi) is 5.81. The lowest BCUT2D eigenvalue weighted by molar-refractivity contribution is 0.0883. The van der Waals surface area contributed by atoms with E-state index in [4.69, 9.17) is 0 Å². The van der Waals surface area contributed by atoms with Crippen LogP contribution >= 0.6 is 15.9 Å². The number of carbonyl (C=O) groups excluding carboxylic acids is 2. The highest BCUT2D eigenvalue weighted by Crippen LogP contribution is 2.17. The van der Waals surface area contributed by atoms with Gasteiger partial charge in [-0.15, -0.1) is 0 Å². The van der Waals surface area contributed by atoms with Gasteiger partial charge in [0.15, 0.2) is 0 Å². The quantitative estimate of drug-likeness (QED) is 0.618. The summed E-state index contributed by atoms with van der Waals surface area (Å²) in [5.74, 6) is -0.515. The Bertz CT molecular complexity index is 827. The van der Waals surface area contributed by atoms with E-state index in [0.29, 0.717) is 11.1 Å². The van der Waals surface area contributed by atoms with E-state index in [1.807, 2.05) is 36.4 Å². The molecular formula is C21H17BrN2O2. The molecule has 2 N–H and O–H groups in total. The normalized spacial score (nSPS) is 10.4. The molecule has 0 unspecified atom stereocenters. The summed E-state index contributed by atoms with van der Waals surface area (Å²) in [7, 11) is 0. The molecule has 0 radical (unpaired) electrons. The van der Waals surface area contributed by atoms with Crippen molar-refractivity contribution in [2.24, 2.45) is 0 Å². The summed E-state index contributed by atoms with van der Waals surface area (Å²) in [6.07, 6.45) is -0.650. The lowest BCUT2D eigenvalue weighted by Gasteiger charge is -2.21. The maximum absolute atomic E-state index is 12.5. The molecule has 0 fully saturated rings. The summed E-state index contributed by atoms with van der Waals surface area (Å²) >= 11 is 3.40. The van der Waals surface area contributed by atoms with Crippen LogP contribution in [0.15, 0.2) is 89.4 Å². The average Bonchev–Trinajstić information content (AvgIpc) is 2.69. The van der Waals surface area contributed by atoms with Crippen LogP contribution in [0.1, 0.15) is 32.4 Å². The second-order valence-corrected chi connectivity index (χ2v) is 6.58. The molecule has 0 bridgehead atoms. The van der Waals surface area contributed by atoms with Crippen LogP contribution in [0, 0.1) is 0 Å². The summed E-state index contributed by atoms with van der Waals surface area (Å²) in [5, 5.41) is 5.77. The highest BCUT2D eigenvalue weighted by molar-refractivity contribution is 9.10. The standard InChI is InChI=1S/C21H17BrN2O2/c22-18-13-11-15(12-14-18)19(23-20(25)16-7-3-1-4-8-16)24-21(26)17-9-5-2-6-10-17/h1-14,19H,(H,23,25)(H,24,26). The van der Waals surface area contributed by atoms with E-state index in [9.17, 15) is 9.59 Å². The number of amides is 2. The number of rotatable bonds is 5. The van der Waals surface area contributed by atoms with Gasteiger partial charge in [-0.25, -0.2) is 0 Å². The van der Waals surface area contributed by atoms with Gasteiger partial charge in [0.25, 0.3) is 11.8 Å². The minimum atomic E-state index is -0.650. The van der Waals surface area contributed by atoms with E-state index >= 15 is 0 Å². The number of benzene rings is 3. The fraction of sp³-hybridized carbons (Fsp3) is 0.0476. The number of hydrogen-bond acceptors (Lipinski definition) is 2. The molecule has 0 aliphatic heterocycles. The predicted octanol–water partition coefficient (Wildman–Crippen LogP) is 4.31. The van der Waals surface area contributed by atoms with Gasteiger partial charge in [0.05, 0.1) is 0 Å². The molecule has 3 aromatic carbocycles. The van der Waals surface area contributed by atoms with E-state index < -0.39 is 6.17 Å². The zero-order valence-electron chi connectivity index (χ0n) is 13.9. The number of nitrogens with one attached hydrogen (secondary N) is 2. The minimum absolute atomic E-state index is 0.258. The first-order valence-electron chi connectivity index (χ1n) is 8.11. The first-order valence-corrected chi connectivity index (χ1v) is 8.90. The van der Waals surface area contributed by atoms with Crippen molar-refractivity contribution >= 4 is 27.7 Å². The van der Waals surface area contributed by atoms with E-state index in [1.54, 1.807) is 48.5 Å². The zero-order chi connectivity index (χ0) is 18.4. The van der Waals surface area contributed by atoms with Crippen molar-refractivity contribution in [1.82, 2.24) is 10.6 Å². The maximum atomic E-state index is 12.5. The van der Waals surface area contributed by atoms with Crippen molar-refractivity contribution < 1.29 is 9.59 Å². The number of hydrogen-bond donors (Lipinski definition) is 2. The van der Waals surface area contributed by atoms with Crippen LogP contribution in [0.25, 0.3) is 0 Å². The molecular weight excluding hydrogens is 392 g/mol. The maximum Gasteiger partial charge on any atom is 0.253 e. The molecule has 3 rings (SSSR count). The van der Waals surface area contributed by atoms with Crippen LogP contribution in [0.2, 0.25) is 0 Å². The molecule has 26 heavy (non-hydrogen) atoms. The second kappa shape index (κ2) is 8.45. The van der Waals surface area contributed by atoms with Gasteiger partial charge in [-0.05, 0) is 42.0 Å². The second-order valence-electron chi connectivity index (χ2n) is 5.66. The van der Waals surface area contributed by atoms with Crippen LogP contribution in [-0.2, 0) is 0 Å². The van der Waals surface area contributed by atoms with E-state index in [0.717, 1.165) is 10.0 Å². The third-order valence-corrected chi connectivity index (χ3v) is 4.35. The molecule has 4 nitrogen and oxygen atoms in total. The van der Waals surface area contributed by atoms with Gasteiger partial charge in [0, 0.05) is 15.6 Å². The topological polar surface area (TPSA) is 58.2 Å². The molecule has 0 aromatic heterocycles. The Labute approximate surface area is 160 Å². The van der Waals surface area contributed by atoms with Crippen molar-refractivity contribution in [1.29, 1.82) is 0 Å². The first kappa shape index (κ1) is 17.9. The highest BCUT2D eigenvalue weighted by atomic mass is 79.9. The zero-order valence-corrected chi connectivity index (χ0v) is 15.4. The summed E-state index contributed by atoms with van der Waals surface area (Å²) in [6.45, 7) is 0. The van der Waals surface area contributed by atoms with Crippen molar-refractivity contribution in [3.05, 3.63) is 106 Å². The fourth-order valence-corrected chi connectivity index (χ4v) is 2.73. The SMILES string of the molecule is O=C(NC(NC(=O)c1ccccc1)c1ccc(Br)cc1)c1ccccc1. The van der Waals surface area contributed by atoms with Gasteiger partial charge < -0.3 is 10.6 Å². The van der Waals surface area contributed by atoms with Gasteiger partial charge >= 0.3 is 0 Å². The Morgan fingerprint density at radius 3 is 1.50 bits per heavy atom. The van der Waals surface area contributed by atoms with Gasteiger partial charge in [0.1, 0.15) is 6.17 Å². The van der Waals surface area contributed by atoms with E-state index in [1.165, 1.54) is 0 Å². The minimum Gasteiger partial charge on any atom is -0.328 e. The van der Waals surface area contributed by atoms with Gasteiger partial charge in [0.2, 0.25) is 0 Å². The van der Waals surface area contributed by atoms with Crippen molar-refractivity contribution in [2.45, 2.75) is 6.17 Å². The third kappa shape index (κ3) is 4.58. The molecule has 3 aromatic rings. The van der Waals surface area contributed by atoms with Gasteiger partial charge in [-0.1, -0.05) is 64.5 Å². The Hall–Kier alpha value is -2.92. The van der Waals surface area contributed by atoms with Crippen LogP contribution in [0.3, 0.4) is 0 Å².